The molecule has 4 nitrogen and oxygen atoms in total. The van der Waals surface area contributed by atoms with Crippen LogP contribution in [0.5, 0.6) is 0 Å². The maximum absolute atomic E-state index is 5.46. The van der Waals surface area contributed by atoms with Crippen LogP contribution in [0.2, 0.25) is 0 Å². The van der Waals surface area contributed by atoms with Crippen LogP contribution in [0.25, 0.3) is 88.0 Å². The van der Waals surface area contributed by atoms with Gasteiger partial charge >= 0.3 is 0 Å². The lowest BCUT2D eigenvalue weighted by molar-refractivity contribution is 1.02. The Hall–Kier alpha value is -6.26. The second-order valence-electron chi connectivity index (χ2n) is 11.9. The summed E-state index contributed by atoms with van der Waals surface area (Å²) in [6.07, 6.45) is 2.17. The predicted octanol–water partition coefficient (Wildman–Crippen LogP) is 10.6. The van der Waals surface area contributed by atoms with Crippen LogP contribution in [0, 0.1) is 0 Å². The molecule has 0 aliphatic heterocycles. The molecule has 0 amide bonds. The maximum atomic E-state index is 5.46. The number of benzene rings is 7. The van der Waals surface area contributed by atoms with Crippen molar-refractivity contribution in [1.82, 2.24) is 19.1 Å². The fourth-order valence-corrected chi connectivity index (χ4v) is 7.31. The van der Waals surface area contributed by atoms with Crippen molar-refractivity contribution in [1.29, 1.82) is 0 Å². The van der Waals surface area contributed by atoms with E-state index in [1.54, 1.807) is 0 Å². The average Bonchev–Trinajstić information content (AvgIpc) is 3.71. The van der Waals surface area contributed by atoms with E-state index in [1.807, 2.05) is 0 Å². The Morgan fingerprint density at radius 1 is 0.435 bits per heavy atom. The first-order chi connectivity index (χ1) is 22.8. The van der Waals surface area contributed by atoms with Gasteiger partial charge < -0.3 is 4.57 Å². The number of aromatic nitrogens is 4. The van der Waals surface area contributed by atoms with Crippen LogP contribution >= 0.6 is 0 Å². The Morgan fingerprint density at radius 2 is 1.09 bits per heavy atom. The molecule has 0 saturated carbocycles. The van der Waals surface area contributed by atoms with Crippen molar-refractivity contribution in [3.8, 4) is 22.9 Å². The summed E-state index contributed by atoms with van der Waals surface area (Å²) in [6.45, 7) is 0. The van der Waals surface area contributed by atoms with Crippen molar-refractivity contribution >= 4 is 65.2 Å². The summed E-state index contributed by atoms with van der Waals surface area (Å²) in [7, 11) is 0. The van der Waals surface area contributed by atoms with E-state index in [2.05, 4.69) is 167 Å². The van der Waals surface area contributed by atoms with Crippen LogP contribution in [0.4, 0.5) is 0 Å². The maximum Gasteiger partial charge on any atom is 0.235 e. The zero-order chi connectivity index (χ0) is 30.2. The van der Waals surface area contributed by atoms with E-state index in [1.165, 1.54) is 26.9 Å². The van der Waals surface area contributed by atoms with Gasteiger partial charge in [0.25, 0.3) is 0 Å². The van der Waals surface area contributed by atoms with Crippen LogP contribution in [0.3, 0.4) is 0 Å². The van der Waals surface area contributed by atoms with Crippen LogP contribution in [-0.4, -0.2) is 19.1 Å². The zero-order valence-electron chi connectivity index (χ0n) is 24.8. The lowest BCUT2D eigenvalue weighted by atomic mass is 10.0. The summed E-state index contributed by atoms with van der Waals surface area (Å²) >= 11 is 0. The van der Waals surface area contributed by atoms with Gasteiger partial charge in [0, 0.05) is 39.0 Å². The van der Waals surface area contributed by atoms with Gasteiger partial charge in [-0.2, -0.15) is 0 Å². The average molecular weight is 587 g/mol. The van der Waals surface area contributed by atoms with E-state index in [-0.39, 0.29) is 0 Å². The standard InChI is InChI=1S/C42H26N4/c1-3-13-29(14-4-1)40-39-32-18-10-8-11-27(32)19-22-35(39)43-42(44-40)46-37-23-20-28-12-7-9-17-31(28)38(37)34-21-24-36-33(41(34)46)25-26-45(36)30-15-5-2-6-16-30/h1-26H. The molecule has 46 heavy (non-hydrogen) atoms. The van der Waals surface area contributed by atoms with Crippen molar-refractivity contribution in [2.24, 2.45) is 0 Å². The molecular weight excluding hydrogens is 560 g/mol. The molecule has 4 heteroatoms. The molecule has 7 aromatic carbocycles. The van der Waals surface area contributed by atoms with Gasteiger partial charge in [0.05, 0.1) is 27.8 Å². The predicted molar refractivity (Wildman–Crippen MR) is 191 cm³/mol. The summed E-state index contributed by atoms with van der Waals surface area (Å²) in [5.41, 5.74) is 7.39. The van der Waals surface area contributed by atoms with Crippen LogP contribution in [0.15, 0.2) is 158 Å². The number of hydrogen-bond acceptors (Lipinski definition) is 2. The number of para-hydroxylation sites is 1. The van der Waals surface area contributed by atoms with E-state index in [9.17, 15) is 0 Å². The SMILES string of the molecule is c1ccc(-c2nc(-n3c4ccc5ccccc5c4c4ccc5c(ccn5-c5ccccc5)c43)nc3ccc4ccccc4c23)cc1. The van der Waals surface area contributed by atoms with Gasteiger partial charge in [0.2, 0.25) is 5.95 Å². The lowest BCUT2D eigenvalue weighted by Crippen LogP contribution is -2.04. The van der Waals surface area contributed by atoms with Crippen molar-refractivity contribution < 1.29 is 0 Å². The largest absolute Gasteiger partial charge is 0.316 e. The van der Waals surface area contributed by atoms with E-state index in [0.29, 0.717) is 5.95 Å². The molecule has 10 rings (SSSR count). The van der Waals surface area contributed by atoms with Crippen molar-refractivity contribution in [3.05, 3.63) is 158 Å². The van der Waals surface area contributed by atoms with Crippen molar-refractivity contribution in [3.63, 3.8) is 0 Å². The summed E-state index contributed by atoms with van der Waals surface area (Å²) in [6, 6.07) is 53.7. The first kappa shape index (κ1) is 25.1. The second kappa shape index (κ2) is 9.62. The van der Waals surface area contributed by atoms with Crippen LogP contribution in [-0.2, 0) is 0 Å². The third kappa shape index (κ3) is 3.55. The minimum absolute atomic E-state index is 0.664. The topological polar surface area (TPSA) is 35.6 Å². The summed E-state index contributed by atoms with van der Waals surface area (Å²) in [4.78, 5) is 10.8. The summed E-state index contributed by atoms with van der Waals surface area (Å²) in [5, 5.41) is 9.40. The molecule has 0 atom stereocenters. The Morgan fingerprint density at radius 3 is 1.87 bits per heavy atom. The molecule has 0 aliphatic rings. The van der Waals surface area contributed by atoms with Gasteiger partial charge in [-0.15, -0.1) is 0 Å². The van der Waals surface area contributed by atoms with Gasteiger partial charge in [-0.1, -0.05) is 115 Å². The molecule has 3 aromatic heterocycles. The van der Waals surface area contributed by atoms with Gasteiger partial charge in [-0.25, -0.2) is 9.97 Å². The highest BCUT2D eigenvalue weighted by Gasteiger charge is 2.22. The fraction of sp³-hybridized carbons (Fsp3) is 0. The van der Waals surface area contributed by atoms with Crippen molar-refractivity contribution in [2.45, 2.75) is 0 Å². The first-order valence-electron chi connectivity index (χ1n) is 15.6. The Balaban J connectivity index is 1.39. The van der Waals surface area contributed by atoms with Crippen molar-refractivity contribution in [2.75, 3.05) is 0 Å². The monoisotopic (exact) mass is 586 g/mol. The van der Waals surface area contributed by atoms with Crippen LogP contribution < -0.4 is 0 Å². The smallest absolute Gasteiger partial charge is 0.235 e. The molecule has 0 bridgehead atoms. The molecule has 10 aromatic rings. The van der Waals surface area contributed by atoms with E-state index < -0.39 is 0 Å². The van der Waals surface area contributed by atoms with E-state index in [4.69, 9.17) is 9.97 Å². The zero-order valence-corrected chi connectivity index (χ0v) is 24.8. The third-order valence-electron chi connectivity index (χ3n) is 9.34. The highest BCUT2D eigenvalue weighted by atomic mass is 15.2. The summed E-state index contributed by atoms with van der Waals surface area (Å²) in [5.74, 6) is 0.664. The molecule has 0 fully saturated rings. The Bertz CT molecular complexity index is 2790. The second-order valence-corrected chi connectivity index (χ2v) is 11.9. The van der Waals surface area contributed by atoms with Gasteiger partial charge in [0.15, 0.2) is 0 Å². The molecule has 0 unspecified atom stereocenters. The normalized spacial score (nSPS) is 11.9. The Kier molecular flexibility index (Phi) is 5.25. The highest BCUT2D eigenvalue weighted by Crippen LogP contribution is 2.41. The molecule has 0 spiro atoms. The fourth-order valence-electron chi connectivity index (χ4n) is 7.31. The molecule has 3 heterocycles. The molecular formula is C42H26N4. The molecule has 0 aliphatic carbocycles. The number of fused-ring (bicyclic) bond motifs is 10. The van der Waals surface area contributed by atoms with Gasteiger partial charge in [-0.3, -0.25) is 4.57 Å². The quantitative estimate of drug-likeness (QED) is 0.193. The Labute approximate surface area is 264 Å². The molecule has 0 N–H and O–H groups in total. The first-order valence-corrected chi connectivity index (χ1v) is 15.6. The van der Waals surface area contributed by atoms with E-state index >= 15 is 0 Å². The number of rotatable bonds is 3. The third-order valence-corrected chi connectivity index (χ3v) is 9.34. The van der Waals surface area contributed by atoms with Crippen LogP contribution in [0.1, 0.15) is 0 Å². The molecule has 0 saturated heterocycles. The van der Waals surface area contributed by atoms with Gasteiger partial charge in [-0.05, 0) is 57.9 Å². The lowest BCUT2D eigenvalue weighted by Gasteiger charge is -2.14. The highest BCUT2D eigenvalue weighted by molar-refractivity contribution is 6.26. The molecule has 214 valence electrons. The summed E-state index contributed by atoms with van der Waals surface area (Å²) < 4.78 is 4.55. The number of hydrogen-bond donors (Lipinski definition) is 0. The molecule has 0 radical (unpaired) electrons. The van der Waals surface area contributed by atoms with E-state index in [0.717, 1.165) is 55.2 Å². The number of nitrogens with zero attached hydrogens (tertiary/aromatic N) is 4. The minimum Gasteiger partial charge on any atom is -0.316 e. The minimum atomic E-state index is 0.664. The van der Waals surface area contributed by atoms with Gasteiger partial charge in [0.1, 0.15) is 0 Å².